The Kier molecular flexibility index (Phi) is 3.52. The highest BCUT2D eigenvalue weighted by atomic mass is 16.3. The van der Waals surface area contributed by atoms with E-state index in [1.807, 2.05) is 13.0 Å². The van der Waals surface area contributed by atoms with Gasteiger partial charge in [-0.05, 0) is 92.4 Å². The second-order valence-corrected chi connectivity index (χ2v) is 8.94. The second-order valence-electron chi connectivity index (χ2n) is 8.94. The van der Waals surface area contributed by atoms with Crippen LogP contribution in [-0.2, 0) is 4.79 Å². The molecule has 3 fully saturated rings. The van der Waals surface area contributed by atoms with Gasteiger partial charge in [0, 0.05) is 6.42 Å². The van der Waals surface area contributed by atoms with Crippen LogP contribution in [0.1, 0.15) is 58.8 Å². The van der Waals surface area contributed by atoms with Crippen LogP contribution in [-0.4, -0.2) is 17.0 Å². The highest BCUT2D eigenvalue weighted by molar-refractivity contribution is 5.90. The summed E-state index contributed by atoms with van der Waals surface area (Å²) in [4.78, 5) is 11.7. The molecule has 0 spiro atoms. The van der Waals surface area contributed by atoms with Gasteiger partial charge in [0.15, 0.2) is 5.78 Å². The predicted molar refractivity (Wildman–Crippen MR) is 87.2 cm³/mol. The van der Waals surface area contributed by atoms with Crippen molar-refractivity contribution in [3.8, 4) is 0 Å². The van der Waals surface area contributed by atoms with Gasteiger partial charge in [-0.2, -0.15) is 0 Å². The summed E-state index contributed by atoms with van der Waals surface area (Å²) in [7, 11) is 0. The smallest absolute Gasteiger partial charge is 0.155 e. The van der Waals surface area contributed by atoms with E-state index in [9.17, 15) is 9.90 Å². The molecule has 8 atom stereocenters. The summed E-state index contributed by atoms with van der Waals surface area (Å²) in [6.07, 6.45) is 12.5. The van der Waals surface area contributed by atoms with Crippen molar-refractivity contribution < 1.29 is 9.90 Å². The lowest BCUT2D eigenvalue weighted by Crippen LogP contribution is -2.47. The highest BCUT2D eigenvalue weighted by Crippen LogP contribution is 2.63. The van der Waals surface area contributed by atoms with Gasteiger partial charge in [0.1, 0.15) is 0 Å². The Balaban J connectivity index is 1.59. The molecular formula is C20H30O2. The fourth-order valence-electron chi connectivity index (χ4n) is 6.92. The van der Waals surface area contributed by atoms with Crippen LogP contribution < -0.4 is 0 Å². The fraction of sp³-hybridized carbons (Fsp3) is 0.850. The van der Waals surface area contributed by atoms with Crippen LogP contribution in [0.2, 0.25) is 0 Å². The first-order valence-electron chi connectivity index (χ1n) is 9.38. The summed E-state index contributed by atoms with van der Waals surface area (Å²) < 4.78 is 0. The van der Waals surface area contributed by atoms with Gasteiger partial charge in [0.05, 0.1) is 6.10 Å². The minimum Gasteiger partial charge on any atom is -0.393 e. The topological polar surface area (TPSA) is 37.3 Å². The number of hydrogen-bond donors (Lipinski definition) is 1. The van der Waals surface area contributed by atoms with Crippen LogP contribution in [0.15, 0.2) is 12.2 Å². The quantitative estimate of drug-likeness (QED) is 0.795. The first-order chi connectivity index (χ1) is 10.5. The van der Waals surface area contributed by atoms with Gasteiger partial charge in [-0.3, -0.25) is 4.79 Å². The number of carbonyl (C=O) groups excluding carboxylic acids is 1. The largest absolute Gasteiger partial charge is 0.393 e. The van der Waals surface area contributed by atoms with E-state index in [0.717, 1.165) is 24.2 Å². The normalized spacial score (nSPS) is 51.9. The predicted octanol–water partition coefficient (Wildman–Crippen LogP) is 3.98. The number of fused-ring (bicyclic) bond motifs is 4. The van der Waals surface area contributed by atoms with Gasteiger partial charge >= 0.3 is 0 Å². The molecule has 0 aromatic carbocycles. The summed E-state index contributed by atoms with van der Waals surface area (Å²) in [5, 5.41) is 10.2. The monoisotopic (exact) mass is 302 g/mol. The molecule has 4 aliphatic rings. The maximum absolute atomic E-state index is 11.7. The zero-order valence-corrected chi connectivity index (χ0v) is 14.0. The number of carbonyl (C=O) groups is 1. The molecule has 0 unspecified atom stereocenters. The van der Waals surface area contributed by atoms with E-state index in [1.54, 1.807) is 0 Å². The maximum Gasteiger partial charge on any atom is 0.155 e. The van der Waals surface area contributed by atoms with Gasteiger partial charge in [-0.1, -0.05) is 13.0 Å². The van der Waals surface area contributed by atoms with Crippen molar-refractivity contribution in [2.24, 2.45) is 40.9 Å². The standard InChI is InChI=1S/C20H30O2/c1-12(21)19-8-5-15-10-18-14(11-20(15,19)2)4-3-13-9-16(22)6-7-17(13)18/h6-7,12-15,17-19,21H,3-5,8-11H2,1-2H3/t12-,13-,14-,15+,17+,18-,19-,20+/m1/s1. The van der Waals surface area contributed by atoms with Gasteiger partial charge in [-0.25, -0.2) is 0 Å². The summed E-state index contributed by atoms with van der Waals surface area (Å²) in [5.41, 5.74) is 0.358. The Labute approximate surface area is 134 Å². The van der Waals surface area contributed by atoms with E-state index in [4.69, 9.17) is 0 Å². The van der Waals surface area contributed by atoms with Crippen LogP contribution in [0.25, 0.3) is 0 Å². The van der Waals surface area contributed by atoms with Crippen LogP contribution in [0, 0.1) is 40.9 Å². The molecule has 2 nitrogen and oxygen atoms in total. The third kappa shape index (κ3) is 2.13. The first kappa shape index (κ1) is 14.9. The van der Waals surface area contributed by atoms with Crippen molar-refractivity contribution in [2.75, 3.05) is 0 Å². The Morgan fingerprint density at radius 3 is 2.77 bits per heavy atom. The molecular weight excluding hydrogens is 272 g/mol. The molecule has 4 rings (SSSR count). The van der Waals surface area contributed by atoms with E-state index in [0.29, 0.717) is 29.0 Å². The molecule has 0 aromatic rings. The zero-order valence-electron chi connectivity index (χ0n) is 14.0. The molecule has 0 bridgehead atoms. The van der Waals surface area contributed by atoms with Gasteiger partial charge < -0.3 is 5.11 Å². The van der Waals surface area contributed by atoms with Crippen LogP contribution >= 0.6 is 0 Å². The van der Waals surface area contributed by atoms with Crippen molar-refractivity contribution in [3.63, 3.8) is 0 Å². The zero-order chi connectivity index (χ0) is 15.5. The molecule has 0 heterocycles. The molecule has 3 saturated carbocycles. The van der Waals surface area contributed by atoms with Gasteiger partial charge in [-0.15, -0.1) is 0 Å². The Hall–Kier alpha value is -0.630. The van der Waals surface area contributed by atoms with Gasteiger partial charge in [0.2, 0.25) is 0 Å². The summed E-state index contributed by atoms with van der Waals surface area (Å²) in [5.74, 6) is 4.53. The van der Waals surface area contributed by atoms with E-state index in [1.165, 1.54) is 38.5 Å². The Bertz CT molecular complexity index is 494. The summed E-state index contributed by atoms with van der Waals surface area (Å²) >= 11 is 0. The first-order valence-corrected chi connectivity index (χ1v) is 9.38. The summed E-state index contributed by atoms with van der Waals surface area (Å²) in [6.45, 7) is 4.46. The molecule has 1 N–H and O–H groups in total. The third-order valence-corrected chi connectivity index (χ3v) is 7.97. The molecule has 122 valence electrons. The molecule has 0 saturated heterocycles. The fourth-order valence-corrected chi connectivity index (χ4v) is 6.92. The minimum atomic E-state index is -0.157. The van der Waals surface area contributed by atoms with Crippen LogP contribution in [0.5, 0.6) is 0 Å². The Morgan fingerprint density at radius 1 is 1.23 bits per heavy atom. The average Bonchev–Trinajstić information content (AvgIpc) is 2.80. The molecule has 0 aromatic heterocycles. The molecule has 0 radical (unpaired) electrons. The lowest BCUT2D eigenvalue weighted by Gasteiger charge is -2.54. The van der Waals surface area contributed by atoms with E-state index >= 15 is 0 Å². The molecule has 0 amide bonds. The number of aliphatic hydroxyl groups is 1. The van der Waals surface area contributed by atoms with Crippen LogP contribution in [0.4, 0.5) is 0 Å². The summed E-state index contributed by atoms with van der Waals surface area (Å²) in [6, 6.07) is 0. The number of allylic oxidation sites excluding steroid dienone is 2. The van der Waals surface area contributed by atoms with Crippen molar-refractivity contribution >= 4 is 5.78 Å². The van der Waals surface area contributed by atoms with Crippen molar-refractivity contribution in [3.05, 3.63) is 12.2 Å². The van der Waals surface area contributed by atoms with Crippen molar-refractivity contribution in [2.45, 2.75) is 64.9 Å². The van der Waals surface area contributed by atoms with E-state index < -0.39 is 0 Å². The number of rotatable bonds is 1. The van der Waals surface area contributed by atoms with E-state index in [2.05, 4.69) is 13.0 Å². The van der Waals surface area contributed by atoms with Gasteiger partial charge in [0.25, 0.3) is 0 Å². The molecule has 2 heteroatoms. The second kappa shape index (κ2) is 5.19. The minimum absolute atomic E-state index is 0.157. The van der Waals surface area contributed by atoms with Crippen molar-refractivity contribution in [1.29, 1.82) is 0 Å². The number of hydrogen-bond acceptors (Lipinski definition) is 2. The lowest BCUT2D eigenvalue weighted by atomic mass is 9.51. The third-order valence-electron chi connectivity index (χ3n) is 7.97. The number of aliphatic hydroxyl groups excluding tert-OH is 1. The number of ketones is 1. The Morgan fingerprint density at radius 2 is 2.00 bits per heavy atom. The van der Waals surface area contributed by atoms with E-state index in [-0.39, 0.29) is 6.10 Å². The maximum atomic E-state index is 11.7. The van der Waals surface area contributed by atoms with Crippen molar-refractivity contribution in [1.82, 2.24) is 0 Å². The van der Waals surface area contributed by atoms with Crippen LogP contribution in [0.3, 0.4) is 0 Å². The SMILES string of the molecule is C[C@@H](O)[C@H]1CC[C@H]2C[C@@H]3[C@H](CC[C@@H]4CC(=O)C=C[C@@H]43)C[C@@]21C. The molecule has 22 heavy (non-hydrogen) atoms. The lowest BCUT2D eigenvalue weighted by molar-refractivity contribution is -0.118. The molecule has 0 aliphatic heterocycles. The molecule has 4 aliphatic carbocycles. The average molecular weight is 302 g/mol. The highest BCUT2D eigenvalue weighted by Gasteiger charge is 2.55.